The van der Waals surface area contributed by atoms with E-state index in [4.69, 9.17) is 0 Å². The van der Waals surface area contributed by atoms with Gasteiger partial charge in [-0.15, -0.1) is 10.2 Å². The summed E-state index contributed by atoms with van der Waals surface area (Å²) >= 11 is 1.29. The molecular weight excluding hydrogens is 388 g/mol. The van der Waals surface area contributed by atoms with Crippen molar-refractivity contribution in [1.82, 2.24) is 25.1 Å². The Morgan fingerprint density at radius 3 is 2.72 bits per heavy atom. The minimum absolute atomic E-state index is 0.164. The summed E-state index contributed by atoms with van der Waals surface area (Å²) in [6.45, 7) is 4.80. The predicted molar refractivity (Wildman–Crippen MR) is 112 cm³/mol. The van der Waals surface area contributed by atoms with Gasteiger partial charge in [0.1, 0.15) is 5.82 Å². The second kappa shape index (κ2) is 9.83. The fourth-order valence-corrected chi connectivity index (χ4v) is 3.49. The second-order valence-corrected chi connectivity index (χ2v) is 7.19. The summed E-state index contributed by atoms with van der Waals surface area (Å²) in [7, 11) is 0. The lowest BCUT2D eigenvalue weighted by Gasteiger charge is -2.09. The topological polar surface area (TPSA) is 102 Å². The molecule has 0 spiro atoms. The van der Waals surface area contributed by atoms with E-state index in [1.165, 1.54) is 11.8 Å². The van der Waals surface area contributed by atoms with Crippen LogP contribution in [-0.2, 0) is 17.9 Å². The van der Waals surface area contributed by atoms with Gasteiger partial charge in [-0.25, -0.2) is 4.98 Å². The maximum absolute atomic E-state index is 12.3. The van der Waals surface area contributed by atoms with Crippen LogP contribution in [0.15, 0.2) is 53.8 Å². The van der Waals surface area contributed by atoms with Gasteiger partial charge >= 0.3 is 0 Å². The fraction of sp³-hybridized carbons (Fsp3) is 0.250. The van der Waals surface area contributed by atoms with Gasteiger partial charge in [-0.2, -0.15) is 0 Å². The molecule has 29 heavy (non-hydrogen) atoms. The Morgan fingerprint density at radius 1 is 1.14 bits per heavy atom. The number of hydrogen-bond acceptors (Lipinski definition) is 6. The Bertz CT molecular complexity index is 990. The molecule has 3 aromatic rings. The van der Waals surface area contributed by atoms with Gasteiger partial charge in [0.2, 0.25) is 5.91 Å². The molecule has 0 bridgehead atoms. The van der Waals surface area contributed by atoms with Crippen molar-refractivity contribution in [3.8, 4) is 0 Å². The summed E-state index contributed by atoms with van der Waals surface area (Å²) in [6.07, 6.45) is 1.62. The van der Waals surface area contributed by atoms with Gasteiger partial charge < -0.3 is 15.2 Å². The first-order valence-corrected chi connectivity index (χ1v) is 10.2. The monoisotopic (exact) mass is 410 g/mol. The SMILES string of the molecule is CCn1c(CNC(=O)c2cccc(C)c2)nnc1SCC(=O)Nc1ccccn1. The van der Waals surface area contributed by atoms with Crippen molar-refractivity contribution < 1.29 is 9.59 Å². The van der Waals surface area contributed by atoms with E-state index < -0.39 is 0 Å². The van der Waals surface area contributed by atoms with Crippen LogP contribution in [0, 0.1) is 6.92 Å². The minimum Gasteiger partial charge on any atom is -0.345 e. The Morgan fingerprint density at radius 2 is 2.00 bits per heavy atom. The number of rotatable bonds is 8. The normalized spacial score (nSPS) is 10.6. The largest absolute Gasteiger partial charge is 0.345 e. The predicted octanol–water partition coefficient (Wildman–Crippen LogP) is 2.66. The molecule has 0 aliphatic carbocycles. The molecule has 2 N–H and O–H groups in total. The van der Waals surface area contributed by atoms with Crippen LogP contribution in [0.25, 0.3) is 0 Å². The van der Waals surface area contributed by atoms with Gasteiger partial charge in [-0.05, 0) is 38.1 Å². The van der Waals surface area contributed by atoms with E-state index in [9.17, 15) is 9.59 Å². The van der Waals surface area contributed by atoms with E-state index in [2.05, 4.69) is 25.8 Å². The van der Waals surface area contributed by atoms with Gasteiger partial charge in [0.15, 0.2) is 11.0 Å². The average Bonchev–Trinajstić information content (AvgIpc) is 3.13. The molecule has 0 unspecified atom stereocenters. The van der Waals surface area contributed by atoms with Crippen molar-refractivity contribution in [2.75, 3.05) is 11.1 Å². The maximum Gasteiger partial charge on any atom is 0.251 e. The number of carbonyl (C=O) groups is 2. The van der Waals surface area contributed by atoms with Crippen molar-refractivity contribution in [2.24, 2.45) is 0 Å². The molecule has 2 aromatic heterocycles. The van der Waals surface area contributed by atoms with E-state index in [1.807, 2.05) is 36.6 Å². The van der Waals surface area contributed by atoms with Gasteiger partial charge in [-0.3, -0.25) is 9.59 Å². The van der Waals surface area contributed by atoms with Gasteiger partial charge in [0.25, 0.3) is 5.91 Å². The molecule has 0 radical (unpaired) electrons. The maximum atomic E-state index is 12.3. The lowest BCUT2D eigenvalue weighted by atomic mass is 10.1. The molecule has 2 amide bonds. The molecular formula is C20H22N6O2S. The zero-order valence-electron chi connectivity index (χ0n) is 16.3. The highest BCUT2D eigenvalue weighted by Gasteiger charge is 2.14. The Hall–Kier alpha value is -3.20. The number of hydrogen-bond donors (Lipinski definition) is 2. The third-order valence-electron chi connectivity index (χ3n) is 4.06. The third kappa shape index (κ3) is 5.64. The van der Waals surface area contributed by atoms with Crippen molar-refractivity contribution >= 4 is 29.4 Å². The first-order valence-electron chi connectivity index (χ1n) is 9.17. The van der Waals surface area contributed by atoms with E-state index in [0.717, 1.165) is 5.56 Å². The molecule has 2 heterocycles. The zero-order valence-corrected chi connectivity index (χ0v) is 17.1. The molecule has 0 atom stereocenters. The number of amides is 2. The lowest BCUT2D eigenvalue weighted by Crippen LogP contribution is -2.25. The van der Waals surface area contributed by atoms with Crippen LogP contribution in [0.3, 0.4) is 0 Å². The van der Waals surface area contributed by atoms with Gasteiger partial charge in [0, 0.05) is 18.3 Å². The molecule has 3 rings (SSSR count). The molecule has 1 aromatic carbocycles. The van der Waals surface area contributed by atoms with Crippen LogP contribution >= 0.6 is 11.8 Å². The number of aryl methyl sites for hydroxylation is 1. The number of thioether (sulfide) groups is 1. The van der Waals surface area contributed by atoms with Gasteiger partial charge in [-0.1, -0.05) is 35.5 Å². The summed E-state index contributed by atoms with van der Waals surface area (Å²) in [4.78, 5) is 28.5. The van der Waals surface area contributed by atoms with Gasteiger partial charge in [0.05, 0.1) is 12.3 Å². The summed E-state index contributed by atoms with van der Waals surface area (Å²) in [5.41, 5.74) is 1.63. The Balaban J connectivity index is 1.56. The van der Waals surface area contributed by atoms with Crippen molar-refractivity contribution in [2.45, 2.75) is 32.1 Å². The molecule has 150 valence electrons. The smallest absolute Gasteiger partial charge is 0.251 e. The summed E-state index contributed by atoms with van der Waals surface area (Å²) in [5, 5.41) is 14.6. The van der Waals surface area contributed by atoms with Crippen molar-refractivity contribution in [1.29, 1.82) is 0 Å². The van der Waals surface area contributed by atoms with Crippen LogP contribution in [0.1, 0.15) is 28.7 Å². The van der Waals surface area contributed by atoms with Crippen molar-refractivity contribution in [3.63, 3.8) is 0 Å². The third-order valence-corrected chi connectivity index (χ3v) is 5.03. The first kappa shape index (κ1) is 20.5. The van der Waals surface area contributed by atoms with E-state index in [0.29, 0.717) is 28.9 Å². The first-order chi connectivity index (χ1) is 14.1. The highest BCUT2D eigenvalue weighted by Crippen LogP contribution is 2.17. The highest BCUT2D eigenvalue weighted by atomic mass is 32.2. The summed E-state index contributed by atoms with van der Waals surface area (Å²) in [5.74, 6) is 0.998. The van der Waals surface area contributed by atoms with E-state index >= 15 is 0 Å². The standard InChI is InChI=1S/C20H22N6O2S/c1-3-26-17(12-22-19(28)15-8-6-7-14(2)11-15)24-25-20(26)29-13-18(27)23-16-9-4-5-10-21-16/h4-11H,3,12-13H2,1-2H3,(H,22,28)(H,21,23,27). The van der Waals surface area contributed by atoms with Crippen LogP contribution in [0.4, 0.5) is 5.82 Å². The summed E-state index contributed by atoms with van der Waals surface area (Å²) < 4.78 is 1.88. The fourth-order valence-electron chi connectivity index (χ4n) is 2.67. The molecule has 0 saturated heterocycles. The molecule has 0 aliphatic rings. The summed E-state index contributed by atoms with van der Waals surface area (Å²) in [6, 6.07) is 12.7. The lowest BCUT2D eigenvalue weighted by molar-refractivity contribution is -0.113. The minimum atomic E-state index is -0.173. The highest BCUT2D eigenvalue weighted by molar-refractivity contribution is 7.99. The van der Waals surface area contributed by atoms with Crippen LogP contribution in [-0.4, -0.2) is 37.3 Å². The zero-order chi connectivity index (χ0) is 20.6. The number of pyridine rings is 1. The molecule has 0 fully saturated rings. The molecule has 0 saturated carbocycles. The number of benzene rings is 1. The second-order valence-electron chi connectivity index (χ2n) is 6.25. The number of carbonyl (C=O) groups excluding carboxylic acids is 2. The Kier molecular flexibility index (Phi) is 6.96. The molecule has 8 nitrogen and oxygen atoms in total. The number of nitrogens with one attached hydrogen (secondary N) is 2. The van der Waals surface area contributed by atoms with Crippen molar-refractivity contribution in [3.05, 3.63) is 65.6 Å². The molecule has 9 heteroatoms. The number of aromatic nitrogens is 4. The Labute approximate surface area is 173 Å². The van der Waals surface area contributed by atoms with E-state index in [1.54, 1.807) is 30.5 Å². The van der Waals surface area contributed by atoms with Crippen LogP contribution < -0.4 is 10.6 Å². The van der Waals surface area contributed by atoms with Crippen LogP contribution in [0.5, 0.6) is 0 Å². The number of anilines is 1. The quantitative estimate of drug-likeness (QED) is 0.554. The van der Waals surface area contributed by atoms with Crippen LogP contribution in [0.2, 0.25) is 0 Å². The number of nitrogens with zero attached hydrogens (tertiary/aromatic N) is 4. The average molecular weight is 411 g/mol. The molecule has 0 aliphatic heterocycles. The van der Waals surface area contributed by atoms with E-state index in [-0.39, 0.29) is 24.1 Å².